The number of methoxy groups -OCH3 is 1. The van der Waals surface area contributed by atoms with Crippen LogP contribution in [0.5, 0.6) is 5.75 Å². The standard InChI is InChI=1S/C22H26N4O2S/c1-3-14-23-20(27)16-29-22-25-24-21(18-11-7-8-12-19(18)28-2)26(22)15-13-17-9-5-4-6-10-17/h4-12H,3,13-16H2,1-2H3,(H,23,27). The average molecular weight is 411 g/mol. The van der Waals surface area contributed by atoms with Crippen molar-refractivity contribution >= 4 is 17.7 Å². The van der Waals surface area contributed by atoms with Crippen molar-refractivity contribution in [2.75, 3.05) is 19.4 Å². The molecule has 0 saturated carbocycles. The third-order valence-corrected chi connectivity index (χ3v) is 5.40. The number of aryl methyl sites for hydroxylation is 1. The van der Waals surface area contributed by atoms with E-state index in [0.717, 1.165) is 35.1 Å². The van der Waals surface area contributed by atoms with Gasteiger partial charge in [0.15, 0.2) is 11.0 Å². The van der Waals surface area contributed by atoms with Crippen LogP contribution in [0.3, 0.4) is 0 Å². The highest BCUT2D eigenvalue weighted by Crippen LogP contribution is 2.31. The molecule has 1 N–H and O–H groups in total. The molecule has 0 bridgehead atoms. The van der Waals surface area contributed by atoms with Crippen LogP contribution in [0, 0.1) is 0 Å². The van der Waals surface area contributed by atoms with Gasteiger partial charge in [-0.1, -0.05) is 61.2 Å². The molecule has 0 aliphatic carbocycles. The van der Waals surface area contributed by atoms with E-state index >= 15 is 0 Å². The molecular weight excluding hydrogens is 384 g/mol. The zero-order valence-corrected chi connectivity index (χ0v) is 17.6. The molecule has 0 radical (unpaired) electrons. The summed E-state index contributed by atoms with van der Waals surface area (Å²) in [4.78, 5) is 12.0. The monoisotopic (exact) mass is 410 g/mol. The third kappa shape index (κ3) is 5.60. The number of carbonyl (C=O) groups excluding carboxylic acids is 1. The Bertz CT molecular complexity index is 928. The fourth-order valence-electron chi connectivity index (χ4n) is 2.96. The van der Waals surface area contributed by atoms with Gasteiger partial charge in [-0.3, -0.25) is 4.79 Å². The molecule has 0 unspecified atom stereocenters. The molecule has 152 valence electrons. The van der Waals surface area contributed by atoms with Crippen molar-refractivity contribution in [3.63, 3.8) is 0 Å². The second-order valence-corrected chi connectivity index (χ2v) is 7.47. The van der Waals surface area contributed by atoms with Gasteiger partial charge in [0.1, 0.15) is 5.75 Å². The predicted octanol–water partition coefficient (Wildman–Crippen LogP) is 3.81. The Labute approximate surface area is 175 Å². The van der Waals surface area contributed by atoms with Crippen LogP contribution < -0.4 is 10.1 Å². The molecule has 1 amide bonds. The second-order valence-electron chi connectivity index (χ2n) is 6.53. The molecule has 0 saturated heterocycles. The van der Waals surface area contributed by atoms with E-state index in [1.807, 2.05) is 49.4 Å². The quantitative estimate of drug-likeness (QED) is 0.515. The van der Waals surface area contributed by atoms with E-state index in [-0.39, 0.29) is 5.91 Å². The highest BCUT2D eigenvalue weighted by molar-refractivity contribution is 7.99. The lowest BCUT2D eigenvalue weighted by Crippen LogP contribution is -2.25. The van der Waals surface area contributed by atoms with Crippen molar-refractivity contribution in [1.29, 1.82) is 0 Å². The van der Waals surface area contributed by atoms with Crippen LogP contribution in [0.1, 0.15) is 18.9 Å². The number of nitrogens with zero attached hydrogens (tertiary/aromatic N) is 3. The maximum Gasteiger partial charge on any atom is 0.230 e. The van der Waals surface area contributed by atoms with E-state index in [2.05, 4.69) is 32.2 Å². The van der Waals surface area contributed by atoms with Crippen molar-refractivity contribution < 1.29 is 9.53 Å². The molecular formula is C22H26N4O2S. The number of thioether (sulfide) groups is 1. The van der Waals surface area contributed by atoms with E-state index in [4.69, 9.17) is 4.74 Å². The molecule has 6 nitrogen and oxygen atoms in total. The van der Waals surface area contributed by atoms with E-state index in [1.54, 1.807) is 7.11 Å². The van der Waals surface area contributed by atoms with Crippen molar-refractivity contribution in [2.24, 2.45) is 0 Å². The minimum atomic E-state index is 0.00769. The summed E-state index contributed by atoms with van der Waals surface area (Å²) in [5.74, 6) is 1.82. The van der Waals surface area contributed by atoms with E-state index in [1.165, 1.54) is 17.3 Å². The van der Waals surface area contributed by atoms with Gasteiger partial charge in [-0.2, -0.15) is 0 Å². The number of carbonyl (C=O) groups is 1. The number of nitrogens with one attached hydrogen (secondary N) is 1. The minimum Gasteiger partial charge on any atom is -0.496 e. The fraction of sp³-hybridized carbons (Fsp3) is 0.318. The average Bonchev–Trinajstić information content (AvgIpc) is 3.18. The molecule has 1 heterocycles. The topological polar surface area (TPSA) is 69.0 Å². The summed E-state index contributed by atoms with van der Waals surface area (Å²) in [5.41, 5.74) is 2.13. The Morgan fingerprint density at radius 2 is 1.86 bits per heavy atom. The smallest absolute Gasteiger partial charge is 0.230 e. The summed E-state index contributed by atoms with van der Waals surface area (Å²) < 4.78 is 7.59. The van der Waals surface area contributed by atoms with Gasteiger partial charge in [-0.15, -0.1) is 10.2 Å². The first-order chi connectivity index (χ1) is 14.2. The molecule has 0 fully saturated rings. The molecule has 3 rings (SSSR count). The molecule has 3 aromatic rings. The number of benzene rings is 2. The maximum absolute atomic E-state index is 12.0. The van der Waals surface area contributed by atoms with Gasteiger partial charge >= 0.3 is 0 Å². The molecule has 0 spiro atoms. The number of hydrogen-bond acceptors (Lipinski definition) is 5. The van der Waals surface area contributed by atoms with Crippen molar-refractivity contribution in [2.45, 2.75) is 31.5 Å². The van der Waals surface area contributed by atoms with E-state index < -0.39 is 0 Å². The molecule has 2 aromatic carbocycles. The van der Waals surface area contributed by atoms with Crippen molar-refractivity contribution in [1.82, 2.24) is 20.1 Å². The van der Waals surface area contributed by atoms with Crippen molar-refractivity contribution in [3.05, 3.63) is 60.2 Å². The van der Waals surface area contributed by atoms with E-state index in [9.17, 15) is 4.79 Å². The van der Waals surface area contributed by atoms with Gasteiger partial charge in [0, 0.05) is 13.1 Å². The zero-order valence-electron chi connectivity index (χ0n) is 16.8. The number of hydrogen-bond donors (Lipinski definition) is 1. The number of amides is 1. The van der Waals surface area contributed by atoms with Crippen LogP contribution in [0.4, 0.5) is 0 Å². The number of para-hydroxylation sites is 1. The number of ether oxygens (including phenoxy) is 1. The predicted molar refractivity (Wildman–Crippen MR) is 116 cm³/mol. The summed E-state index contributed by atoms with van der Waals surface area (Å²) in [6.07, 6.45) is 1.76. The summed E-state index contributed by atoms with van der Waals surface area (Å²) in [6, 6.07) is 18.1. The SMILES string of the molecule is CCCNC(=O)CSc1nnc(-c2ccccc2OC)n1CCc1ccccc1. The Morgan fingerprint density at radius 1 is 1.10 bits per heavy atom. The van der Waals surface area contributed by atoms with Gasteiger partial charge in [0.2, 0.25) is 5.91 Å². The maximum atomic E-state index is 12.0. The molecule has 7 heteroatoms. The highest BCUT2D eigenvalue weighted by atomic mass is 32.2. The van der Waals surface area contributed by atoms with Gasteiger partial charge in [-0.05, 0) is 30.5 Å². The zero-order chi connectivity index (χ0) is 20.5. The molecule has 0 atom stereocenters. The van der Waals surface area contributed by atoms with Gasteiger partial charge in [-0.25, -0.2) is 0 Å². The minimum absolute atomic E-state index is 0.00769. The Balaban J connectivity index is 1.85. The Morgan fingerprint density at radius 3 is 2.62 bits per heavy atom. The molecule has 0 aliphatic heterocycles. The summed E-state index contributed by atoms with van der Waals surface area (Å²) in [7, 11) is 1.65. The first kappa shape index (κ1) is 20.9. The largest absolute Gasteiger partial charge is 0.496 e. The lowest BCUT2D eigenvalue weighted by Gasteiger charge is -2.12. The fourth-order valence-corrected chi connectivity index (χ4v) is 3.75. The lowest BCUT2D eigenvalue weighted by atomic mass is 10.1. The summed E-state index contributed by atoms with van der Waals surface area (Å²) in [5, 5.41) is 12.4. The highest BCUT2D eigenvalue weighted by Gasteiger charge is 2.18. The Kier molecular flexibility index (Phi) is 7.69. The van der Waals surface area contributed by atoms with Crippen molar-refractivity contribution in [3.8, 4) is 17.1 Å². The molecule has 29 heavy (non-hydrogen) atoms. The number of aromatic nitrogens is 3. The van der Waals surface area contributed by atoms with Gasteiger partial charge in [0.25, 0.3) is 0 Å². The normalized spacial score (nSPS) is 10.7. The van der Waals surface area contributed by atoms with Gasteiger partial charge < -0.3 is 14.6 Å². The van der Waals surface area contributed by atoms with Crippen LogP contribution in [0.2, 0.25) is 0 Å². The van der Waals surface area contributed by atoms with Crippen LogP contribution in [0.15, 0.2) is 59.8 Å². The summed E-state index contributed by atoms with van der Waals surface area (Å²) in [6.45, 7) is 3.43. The van der Waals surface area contributed by atoms with E-state index in [0.29, 0.717) is 18.8 Å². The van der Waals surface area contributed by atoms with Crippen LogP contribution in [-0.2, 0) is 17.8 Å². The van der Waals surface area contributed by atoms with Crippen LogP contribution in [-0.4, -0.2) is 40.1 Å². The second kappa shape index (κ2) is 10.7. The third-order valence-electron chi connectivity index (χ3n) is 4.44. The van der Waals surface area contributed by atoms with Crippen LogP contribution in [0.25, 0.3) is 11.4 Å². The van der Waals surface area contributed by atoms with Gasteiger partial charge in [0.05, 0.1) is 18.4 Å². The Hall–Kier alpha value is -2.80. The first-order valence-electron chi connectivity index (χ1n) is 9.73. The molecule has 1 aromatic heterocycles. The van der Waals surface area contributed by atoms with Crippen LogP contribution >= 0.6 is 11.8 Å². The molecule has 0 aliphatic rings. The number of rotatable bonds is 10. The lowest BCUT2D eigenvalue weighted by molar-refractivity contribution is -0.118. The first-order valence-corrected chi connectivity index (χ1v) is 10.7. The summed E-state index contributed by atoms with van der Waals surface area (Å²) >= 11 is 1.41.